The van der Waals surface area contributed by atoms with Gasteiger partial charge in [-0.15, -0.1) is 0 Å². The van der Waals surface area contributed by atoms with E-state index in [9.17, 15) is 4.79 Å². The van der Waals surface area contributed by atoms with Crippen molar-refractivity contribution in [3.05, 3.63) is 17.8 Å². The molecular formula is C11H16N2O2. The average molecular weight is 208 g/mol. The van der Waals surface area contributed by atoms with Crippen molar-refractivity contribution in [2.45, 2.75) is 38.6 Å². The molecule has 1 aliphatic rings. The molecule has 15 heavy (non-hydrogen) atoms. The van der Waals surface area contributed by atoms with Gasteiger partial charge < -0.3 is 9.73 Å². The summed E-state index contributed by atoms with van der Waals surface area (Å²) in [6, 6.07) is 0.494. The highest BCUT2D eigenvalue weighted by Crippen LogP contribution is 2.12. The zero-order valence-corrected chi connectivity index (χ0v) is 8.95. The molecule has 1 N–H and O–H groups in total. The largest absolute Gasteiger partial charge is 0.445 e. The van der Waals surface area contributed by atoms with Gasteiger partial charge >= 0.3 is 0 Å². The van der Waals surface area contributed by atoms with Crippen LogP contribution in [0.5, 0.6) is 0 Å². The maximum Gasteiger partial charge on any atom is 0.195 e. The summed E-state index contributed by atoms with van der Waals surface area (Å²) < 4.78 is 5.48. The van der Waals surface area contributed by atoms with E-state index in [-0.39, 0.29) is 5.78 Å². The zero-order valence-electron chi connectivity index (χ0n) is 8.95. The number of hydrogen-bond donors (Lipinski definition) is 1. The van der Waals surface area contributed by atoms with Crippen LogP contribution in [0.25, 0.3) is 0 Å². The molecule has 1 saturated heterocycles. The number of carbonyl (C=O) groups is 1. The Labute approximate surface area is 89.1 Å². The molecule has 1 atom stereocenters. The van der Waals surface area contributed by atoms with Crippen LogP contribution < -0.4 is 5.32 Å². The number of oxazole rings is 1. The van der Waals surface area contributed by atoms with Crippen LogP contribution in [0.3, 0.4) is 0 Å². The molecule has 0 bridgehead atoms. The minimum absolute atomic E-state index is 0.108. The predicted octanol–water partition coefficient (Wildman–Crippen LogP) is 1.10. The van der Waals surface area contributed by atoms with Gasteiger partial charge in [0.1, 0.15) is 11.5 Å². The van der Waals surface area contributed by atoms with Crippen LogP contribution in [0.15, 0.2) is 10.6 Å². The zero-order chi connectivity index (χ0) is 10.7. The van der Waals surface area contributed by atoms with E-state index >= 15 is 0 Å². The number of carbonyl (C=O) groups excluding carboxylic acids is 1. The van der Waals surface area contributed by atoms with Gasteiger partial charge in [-0.05, 0) is 26.3 Å². The van der Waals surface area contributed by atoms with E-state index in [1.165, 1.54) is 12.8 Å². The lowest BCUT2D eigenvalue weighted by Gasteiger charge is -2.05. The smallest absolute Gasteiger partial charge is 0.195 e. The summed E-state index contributed by atoms with van der Waals surface area (Å²) in [6.45, 7) is 2.65. The Morgan fingerprint density at radius 2 is 2.60 bits per heavy atom. The van der Waals surface area contributed by atoms with E-state index in [2.05, 4.69) is 10.3 Å². The van der Waals surface area contributed by atoms with E-state index in [0.717, 1.165) is 18.9 Å². The Hall–Kier alpha value is -1.16. The van der Waals surface area contributed by atoms with Crippen molar-refractivity contribution in [1.82, 2.24) is 10.3 Å². The van der Waals surface area contributed by atoms with Gasteiger partial charge in [-0.25, -0.2) is 4.98 Å². The van der Waals surface area contributed by atoms with Crippen LogP contribution >= 0.6 is 0 Å². The third-order valence-electron chi connectivity index (χ3n) is 2.61. The Morgan fingerprint density at radius 3 is 3.27 bits per heavy atom. The van der Waals surface area contributed by atoms with Gasteiger partial charge in [0.15, 0.2) is 5.89 Å². The molecule has 0 amide bonds. The molecule has 1 unspecified atom stereocenters. The van der Waals surface area contributed by atoms with Crippen molar-refractivity contribution in [3.63, 3.8) is 0 Å². The number of rotatable bonds is 4. The second kappa shape index (κ2) is 4.57. The summed E-state index contributed by atoms with van der Waals surface area (Å²) in [7, 11) is 0. The SMILES string of the molecule is CC(=O)Cc1cnc(CC2CCCN2)o1. The van der Waals surface area contributed by atoms with Crippen LogP contribution in [-0.4, -0.2) is 23.4 Å². The highest BCUT2D eigenvalue weighted by Gasteiger charge is 2.17. The summed E-state index contributed by atoms with van der Waals surface area (Å²) >= 11 is 0. The molecule has 0 aliphatic carbocycles. The van der Waals surface area contributed by atoms with E-state index in [0.29, 0.717) is 18.2 Å². The first-order valence-electron chi connectivity index (χ1n) is 5.40. The number of hydrogen-bond acceptors (Lipinski definition) is 4. The first-order valence-corrected chi connectivity index (χ1v) is 5.40. The van der Waals surface area contributed by atoms with Crippen molar-refractivity contribution in [1.29, 1.82) is 0 Å². The first kappa shape index (κ1) is 10.4. The van der Waals surface area contributed by atoms with Gasteiger partial charge in [0.25, 0.3) is 0 Å². The highest BCUT2D eigenvalue weighted by molar-refractivity contribution is 5.77. The molecule has 2 heterocycles. The second-order valence-corrected chi connectivity index (χ2v) is 4.10. The normalized spacial score (nSPS) is 20.7. The topological polar surface area (TPSA) is 55.1 Å². The molecular weight excluding hydrogens is 192 g/mol. The molecule has 1 aliphatic heterocycles. The third kappa shape index (κ3) is 2.89. The molecule has 0 aromatic carbocycles. The molecule has 82 valence electrons. The molecule has 2 rings (SSSR count). The Balaban J connectivity index is 1.91. The van der Waals surface area contributed by atoms with Crippen molar-refractivity contribution in [2.75, 3.05) is 6.54 Å². The van der Waals surface area contributed by atoms with Gasteiger partial charge in [0, 0.05) is 12.5 Å². The minimum atomic E-state index is 0.108. The molecule has 0 saturated carbocycles. The van der Waals surface area contributed by atoms with E-state index < -0.39 is 0 Å². The maximum absolute atomic E-state index is 10.9. The number of aromatic nitrogens is 1. The Bertz CT molecular complexity index is 340. The van der Waals surface area contributed by atoms with Crippen molar-refractivity contribution in [2.24, 2.45) is 0 Å². The fourth-order valence-electron chi connectivity index (χ4n) is 1.91. The van der Waals surface area contributed by atoms with Crippen LogP contribution in [0.4, 0.5) is 0 Å². The van der Waals surface area contributed by atoms with Crippen molar-refractivity contribution < 1.29 is 9.21 Å². The molecule has 1 aromatic rings. The highest BCUT2D eigenvalue weighted by atomic mass is 16.4. The Morgan fingerprint density at radius 1 is 1.73 bits per heavy atom. The summed E-state index contributed by atoms with van der Waals surface area (Å²) in [5.41, 5.74) is 0. The van der Waals surface area contributed by atoms with E-state index in [4.69, 9.17) is 4.42 Å². The lowest BCUT2D eigenvalue weighted by Crippen LogP contribution is -2.23. The van der Waals surface area contributed by atoms with Gasteiger partial charge in [-0.1, -0.05) is 0 Å². The summed E-state index contributed by atoms with van der Waals surface area (Å²) in [6.07, 6.45) is 5.25. The second-order valence-electron chi connectivity index (χ2n) is 4.10. The van der Waals surface area contributed by atoms with Crippen LogP contribution in [0.2, 0.25) is 0 Å². The van der Waals surface area contributed by atoms with E-state index in [1.807, 2.05) is 0 Å². The number of ketones is 1. The average Bonchev–Trinajstić information content (AvgIpc) is 2.77. The third-order valence-corrected chi connectivity index (χ3v) is 2.61. The fraction of sp³-hybridized carbons (Fsp3) is 0.636. The van der Waals surface area contributed by atoms with Crippen LogP contribution in [0.1, 0.15) is 31.4 Å². The standard InChI is InChI=1S/C11H16N2O2/c1-8(14)5-10-7-13-11(15-10)6-9-3-2-4-12-9/h7,9,12H,2-6H2,1H3. The maximum atomic E-state index is 10.9. The monoisotopic (exact) mass is 208 g/mol. The summed E-state index contributed by atoms with van der Waals surface area (Å²) in [5.74, 6) is 1.53. The molecule has 0 radical (unpaired) electrons. The van der Waals surface area contributed by atoms with Crippen LogP contribution in [-0.2, 0) is 17.6 Å². The molecule has 4 heteroatoms. The van der Waals surface area contributed by atoms with Crippen molar-refractivity contribution >= 4 is 5.78 Å². The minimum Gasteiger partial charge on any atom is -0.445 e. The summed E-state index contributed by atoms with van der Waals surface area (Å²) in [4.78, 5) is 15.0. The van der Waals surface area contributed by atoms with Gasteiger partial charge in [0.05, 0.1) is 12.6 Å². The van der Waals surface area contributed by atoms with E-state index in [1.54, 1.807) is 13.1 Å². The quantitative estimate of drug-likeness (QED) is 0.805. The lowest BCUT2D eigenvalue weighted by atomic mass is 10.2. The van der Waals surface area contributed by atoms with Gasteiger partial charge in [-0.2, -0.15) is 0 Å². The Kier molecular flexibility index (Phi) is 3.16. The predicted molar refractivity (Wildman–Crippen MR) is 55.6 cm³/mol. The number of nitrogens with zero attached hydrogens (tertiary/aromatic N) is 1. The molecule has 1 fully saturated rings. The first-order chi connectivity index (χ1) is 7.24. The fourth-order valence-corrected chi connectivity index (χ4v) is 1.91. The molecule has 4 nitrogen and oxygen atoms in total. The molecule has 0 spiro atoms. The summed E-state index contributed by atoms with van der Waals surface area (Å²) in [5, 5.41) is 3.39. The number of nitrogens with one attached hydrogen (secondary N) is 1. The number of Topliss-reactive ketones (excluding diaryl/α,β-unsaturated/α-hetero) is 1. The molecule has 1 aromatic heterocycles. The van der Waals surface area contributed by atoms with Crippen LogP contribution in [0, 0.1) is 0 Å². The van der Waals surface area contributed by atoms with Gasteiger partial charge in [-0.3, -0.25) is 4.79 Å². The lowest BCUT2D eigenvalue weighted by molar-refractivity contribution is -0.116. The van der Waals surface area contributed by atoms with Gasteiger partial charge in [0.2, 0.25) is 0 Å². The van der Waals surface area contributed by atoms with Crippen molar-refractivity contribution in [3.8, 4) is 0 Å².